The van der Waals surface area contributed by atoms with Crippen molar-refractivity contribution in [3.63, 3.8) is 0 Å². The first-order valence-corrected chi connectivity index (χ1v) is 9.91. The molecular weight excluding hydrogens is 366 g/mol. The molecule has 0 N–H and O–H groups in total. The van der Waals surface area contributed by atoms with Crippen molar-refractivity contribution in [3.05, 3.63) is 87.3 Å². The maximum absolute atomic E-state index is 13.2. The van der Waals surface area contributed by atoms with Gasteiger partial charge in [0.2, 0.25) is 0 Å². The number of aromatic nitrogens is 2. The fourth-order valence-corrected chi connectivity index (χ4v) is 4.58. The molecule has 0 aliphatic carbocycles. The zero-order valence-corrected chi connectivity index (χ0v) is 15.7. The predicted molar refractivity (Wildman–Crippen MR) is 113 cm³/mol. The second-order valence-electron chi connectivity index (χ2n) is 6.74. The molecule has 3 heterocycles. The van der Waals surface area contributed by atoms with Gasteiger partial charge in [-0.3, -0.25) is 9.36 Å². The molecular formula is C23H15N3OS. The summed E-state index contributed by atoms with van der Waals surface area (Å²) in [5.41, 5.74) is 4.73. The van der Waals surface area contributed by atoms with E-state index in [0.717, 1.165) is 39.3 Å². The largest absolute Gasteiger partial charge is 0.292 e. The summed E-state index contributed by atoms with van der Waals surface area (Å²) in [7, 11) is 0. The summed E-state index contributed by atoms with van der Waals surface area (Å²) < 4.78 is 1.79. The average molecular weight is 381 g/mol. The zero-order valence-electron chi connectivity index (χ0n) is 14.9. The Morgan fingerprint density at radius 1 is 1.11 bits per heavy atom. The molecule has 0 saturated carbocycles. The molecule has 5 rings (SSSR count). The van der Waals surface area contributed by atoms with Gasteiger partial charge < -0.3 is 0 Å². The molecule has 0 unspecified atom stereocenters. The minimum Gasteiger partial charge on any atom is -0.292 e. The van der Waals surface area contributed by atoms with Gasteiger partial charge in [0.1, 0.15) is 10.7 Å². The van der Waals surface area contributed by atoms with Crippen molar-refractivity contribution in [1.82, 2.24) is 9.55 Å². The summed E-state index contributed by atoms with van der Waals surface area (Å²) in [6.07, 6.45) is 2.84. The highest BCUT2D eigenvalue weighted by Gasteiger charge is 2.23. The van der Waals surface area contributed by atoms with E-state index in [1.54, 1.807) is 16.7 Å². The van der Waals surface area contributed by atoms with Crippen molar-refractivity contribution >= 4 is 33.2 Å². The number of hydrogen-bond acceptors (Lipinski definition) is 4. The molecule has 0 radical (unpaired) electrons. The van der Waals surface area contributed by atoms with Gasteiger partial charge >= 0.3 is 0 Å². The van der Waals surface area contributed by atoms with Crippen LogP contribution >= 0.6 is 11.3 Å². The Hall–Kier alpha value is -3.49. The molecule has 0 atom stereocenters. The third kappa shape index (κ3) is 2.67. The van der Waals surface area contributed by atoms with Crippen LogP contribution in [0, 0.1) is 11.3 Å². The predicted octanol–water partition coefficient (Wildman–Crippen LogP) is 4.94. The van der Waals surface area contributed by atoms with Gasteiger partial charge in [-0.2, -0.15) is 5.26 Å². The number of allylic oxidation sites excluding steroid dienone is 1. The molecule has 1 aliphatic rings. The Morgan fingerprint density at radius 3 is 2.64 bits per heavy atom. The standard InChI is InChI=1S/C23H15N3OS/c24-13-16-8-6-15(7-9-16)12-18-10-11-26-21(18)25-22-20(23(26)27)19(14-28-22)17-4-2-1-3-5-17/h1-9,12,14H,10-11H2/b18-12+. The van der Waals surface area contributed by atoms with E-state index in [-0.39, 0.29) is 5.56 Å². The number of rotatable bonds is 2. The van der Waals surface area contributed by atoms with E-state index >= 15 is 0 Å². The first-order valence-electron chi connectivity index (χ1n) is 9.03. The summed E-state index contributed by atoms with van der Waals surface area (Å²) in [5, 5.41) is 11.7. The monoisotopic (exact) mass is 381 g/mol. The van der Waals surface area contributed by atoms with Gasteiger partial charge in [-0.15, -0.1) is 11.3 Å². The van der Waals surface area contributed by atoms with Crippen LogP contribution in [0.1, 0.15) is 23.4 Å². The first kappa shape index (κ1) is 16.7. The number of nitriles is 1. The Kier molecular flexibility index (Phi) is 3.92. The van der Waals surface area contributed by atoms with Gasteiger partial charge in [-0.25, -0.2) is 4.98 Å². The highest BCUT2D eigenvalue weighted by Crippen LogP contribution is 2.34. The van der Waals surface area contributed by atoms with E-state index in [1.165, 1.54) is 11.3 Å². The Bertz CT molecular complexity index is 1320. The lowest BCUT2D eigenvalue weighted by Crippen LogP contribution is -2.20. The van der Waals surface area contributed by atoms with E-state index < -0.39 is 0 Å². The Labute approximate surface area is 165 Å². The van der Waals surface area contributed by atoms with Gasteiger partial charge in [-0.05, 0) is 41.3 Å². The first-order chi connectivity index (χ1) is 13.7. The van der Waals surface area contributed by atoms with E-state index in [1.807, 2.05) is 47.8 Å². The van der Waals surface area contributed by atoms with Gasteiger partial charge in [0, 0.05) is 17.5 Å². The van der Waals surface area contributed by atoms with Crippen LogP contribution in [0.2, 0.25) is 0 Å². The third-order valence-corrected chi connectivity index (χ3v) is 5.92. The Balaban J connectivity index is 1.64. The van der Waals surface area contributed by atoms with Crippen LogP contribution < -0.4 is 5.56 Å². The van der Waals surface area contributed by atoms with Crippen molar-refractivity contribution in [3.8, 4) is 17.2 Å². The van der Waals surface area contributed by atoms with Crippen LogP contribution in [0.15, 0.2) is 64.8 Å². The van der Waals surface area contributed by atoms with Crippen LogP contribution in [0.4, 0.5) is 0 Å². The number of thiophene rings is 1. The smallest absolute Gasteiger partial charge is 0.263 e. The highest BCUT2D eigenvalue weighted by molar-refractivity contribution is 7.17. The number of hydrogen-bond donors (Lipinski definition) is 0. The summed E-state index contributed by atoms with van der Waals surface area (Å²) >= 11 is 1.51. The van der Waals surface area contributed by atoms with Crippen LogP contribution in [0.3, 0.4) is 0 Å². The van der Waals surface area contributed by atoms with E-state index in [2.05, 4.69) is 12.1 Å². The summed E-state index contributed by atoms with van der Waals surface area (Å²) in [5.74, 6) is 0.753. The van der Waals surface area contributed by atoms with Crippen LogP contribution in [0.25, 0.3) is 33.0 Å². The molecule has 0 saturated heterocycles. The number of benzene rings is 2. The van der Waals surface area contributed by atoms with Gasteiger partial charge in [0.25, 0.3) is 5.56 Å². The fourth-order valence-electron chi connectivity index (χ4n) is 3.64. The molecule has 5 heteroatoms. The van der Waals surface area contributed by atoms with Crippen molar-refractivity contribution in [2.45, 2.75) is 13.0 Å². The zero-order chi connectivity index (χ0) is 19.1. The lowest BCUT2D eigenvalue weighted by Gasteiger charge is -2.05. The molecule has 28 heavy (non-hydrogen) atoms. The second kappa shape index (κ2) is 6.59. The number of fused-ring (bicyclic) bond motifs is 2. The van der Waals surface area contributed by atoms with Crippen molar-refractivity contribution in [1.29, 1.82) is 5.26 Å². The quantitative estimate of drug-likeness (QED) is 0.494. The summed E-state index contributed by atoms with van der Waals surface area (Å²) in [6, 6.07) is 19.6. The Morgan fingerprint density at radius 2 is 1.89 bits per heavy atom. The minimum atomic E-state index is 0.0309. The normalized spacial score (nSPS) is 14.3. The summed E-state index contributed by atoms with van der Waals surface area (Å²) in [6.45, 7) is 0.642. The van der Waals surface area contributed by atoms with Gasteiger partial charge in [0.05, 0.1) is 17.0 Å². The molecule has 1 aliphatic heterocycles. The van der Waals surface area contributed by atoms with Crippen LogP contribution in [-0.2, 0) is 6.54 Å². The lowest BCUT2D eigenvalue weighted by atomic mass is 10.1. The van der Waals surface area contributed by atoms with Crippen molar-refractivity contribution < 1.29 is 0 Å². The SMILES string of the molecule is N#Cc1ccc(/C=C2\CCn3c2nc2scc(-c4ccccc4)c2c3=O)cc1. The van der Waals surface area contributed by atoms with Crippen LogP contribution in [0.5, 0.6) is 0 Å². The molecule has 134 valence electrons. The minimum absolute atomic E-state index is 0.0309. The molecule has 0 fully saturated rings. The second-order valence-corrected chi connectivity index (χ2v) is 7.60. The van der Waals surface area contributed by atoms with Gasteiger partial charge in [-0.1, -0.05) is 42.5 Å². The average Bonchev–Trinajstić information content (AvgIpc) is 3.35. The van der Waals surface area contributed by atoms with Crippen LogP contribution in [-0.4, -0.2) is 9.55 Å². The van der Waals surface area contributed by atoms with Gasteiger partial charge in [0.15, 0.2) is 0 Å². The van der Waals surface area contributed by atoms with Crippen molar-refractivity contribution in [2.75, 3.05) is 0 Å². The lowest BCUT2D eigenvalue weighted by molar-refractivity contribution is 0.726. The molecule has 0 spiro atoms. The molecule has 2 aromatic heterocycles. The molecule has 4 aromatic rings. The van der Waals surface area contributed by atoms with E-state index in [4.69, 9.17) is 10.2 Å². The highest BCUT2D eigenvalue weighted by atomic mass is 32.1. The van der Waals surface area contributed by atoms with E-state index in [0.29, 0.717) is 17.5 Å². The topological polar surface area (TPSA) is 58.7 Å². The molecule has 0 amide bonds. The fraction of sp³-hybridized carbons (Fsp3) is 0.0870. The summed E-state index contributed by atoms with van der Waals surface area (Å²) in [4.78, 5) is 18.8. The van der Waals surface area contributed by atoms with E-state index in [9.17, 15) is 4.79 Å². The van der Waals surface area contributed by atoms with Crippen molar-refractivity contribution in [2.24, 2.45) is 0 Å². The molecule has 0 bridgehead atoms. The molecule has 2 aromatic carbocycles. The maximum Gasteiger partial charge on any atom is 0.263 e. The molecule has 4 nitrogen and oxygen atoms in total. The third-order valence-electron chi connectivity index (χ3n) is 5.05. The number of nitrogens with zero attached hydrogens (tertiary/aromatic N) is 3. The maximum atomic E-state index is 13.2.